The van der Waals surface area contributed by atoms with Gasteiger partial charge in [-0.3, -0.25) is 4.79 Å². The van der Waals surface area contributed by atoms with Crippen molar-refractivity contribution >= 4 is 12.1 Å². The number of carbonyl (C=O) groups is 1. The zero-order chi connectivity index (χ0) is 8.69. The van der Waals surface area contributed by atoms with Crippen molar-refractivity contribution in [1.82, 2.24) is 5.01 Å². The zero-order valence-electron chi connectivity index (χ0n) is 6.82. The van der Waals surface area contributed by atoms with E-state index < -0.39 is 0 Å². The quantitative estimate of drug-likeness (QED) is 0.339. The van der Waals surface area contributed by atoms with E-state index in [4.69, 9.17) is 0 Å². The topological polar surface area (TPSA) is 32.7 Å². The lowest BCUT2D eigenvalue weighted by atomic mass is 10.5. The molecule has 0 saturated carbocycles. The Balaban J connectivity index is 3.95. The van der Waals surface area contributed by atoms with Gasteiger partial charge in [0.1, 0.15) is 0 Å². The van der Waals surface area contributed by atoms with Crippen LogP contribution in [0.2, 0.25) is 0 Å². The lowest BCUT2D eigenvalue weighted by molar-refractivity contribution is -0.124. The molecule has 0 aromatic carbocycles. The Bertz CT molecular complexity index is 194. The first-order valence-electron chi connectivity index (χ1n) is 3.27. The fourth-order valence-corrected chi connectivity index (χ4v) is 0.414. The molecule has 0 atom stereocenters. The van der Waals surface area contributed by atoms with E-state index in [0.717, 1.165) is 0 Å². The Morgan fingerprint density at radius 3 is 2.73 bits per heavy atom. The van der Waals surface area contributed by atoms with Crippen LogP contribution in [-0.2, 0) is 4.79 Å². The van der Waals surface area contributed by atoms with Gasteiger partial charge in [-0.05, 0) is 19.1 Å². The van der Waals surface area contributed by atoms with Gasteiger partial charge in [-0.25, -0.2) is 5.01 Å². The molecule has 1 amide bonds. The lowest BCUT2D eigenvalue weighted by Gasteiger charge is -2.05. The molecule has 0 aromatic rings. The van der Waals surface area contributed by atoms with Gasteiger partial charge in [0.2, 0.25) is 0 Å². The maximum atomic E-state index is 10.8. The zero-order valence-corrected chi connectivity index (χ0v) is 6.82. The fourth-order valence-electron chi connectivity index (χ4n) is 0.414. The van der Waals surface area contributed by atoms with Gasteiger partial charge in [-0.15, -0.1) is 0 Å². The first kappa shape index (κ1) is 9.62. The Morgan fingerprint density at radius 2 is 2.27 bits per heavy atom. The summed E-state index contributed by atoms with van der Waals surface area (Å²) < 4.78 is 0. The predicted octanol–water partition coefficient (Wildman–Crippen LogP) is 1.19. The minimum Gasteiger partial charge on any atom is -0.268 e. The SMILES string of the molecule is C=CC(=O)N(C)/N=C\C=C/C. The molecule has 0 aromatic heterocycles. The number of hydrogen-bond donors (Lipinski definition) is 0. The molecule has 0 unspecified atom stereocenters. The molecule has 0 rings (SSSR count). The number of carbonyl (C=O) groups excluding carboxylic acids is 1. The van der Waals surface area contributed by atoms with Crippen molar-refractivity contribution in [2.45, 2.75) is 6.92 Å². The summed E-state index contributed by atoms with van der Waals surface area (Å²) in [5.74, 6) is -0.217. The third-order valence-electron chi connectivity index (χ3n) is 1.01. The maximum Gasteiger partial charge on any atom is 0.265 e. The van der Waals surface area contributed by atoms with Crippen LogP contribution in [-0.4, -0.2) is 24.2 Å². The minimum absolute atomic E-state index is 0.217. The van der Waals surface area contributed by atoms with Crippen LogP contribution in [0, 0.1) is 0 Å². The summed E-state index contributed by atoms with van der Waals surface area (Å²) in [7, 11) is 1.57. The second kappa shape index (κ2) is 5.41. The number of hydrazone groups is 1. The highest BCUT2D eigenvalue weighted by Crippen LogP contribution is 1.84. The Hall–Kier alpha value is -1.38. The van der Waals surface area contributed by atoms with Crippen LogP contribution in [0.1, 0.15) is 6.92 Å². The highest BCUT2D eigenvalue weighted by atomic mass is 16.2. The number of nitrogens with zero attached hydrogens (tertiary/aromatic N) is 2. The highest BCUT2D eigenvalue weighted by molar-refractivity contribution is 5.87. The van der Waals surface area contributed by atoms with Crippen LogP contribution < -0.4 is 0 Å². The molecular weight excluding hydrogens is 140 g/mol. The normalized spacial score (nSPS) is 10.7. The molecule has 0 fully saturated rings. The summed E-state index contributed by atoms with van der Waals surface area (Å²) in [6, 6.07) is 0. The van der Waals surface area contributed by atoms with E-state index in [-0.39, 0.29) is 5.91 Å². The number of rotatable bonds is 3. The number of likely N-dealkylation sites (N-methyl/N-ethyl adjacent to an activating group) is 1. The summed E-state index contributed by atoms with van der Waals surface area (Å²) in [6.45, 7) is 5.20. The molecule has 0 bridgehead atoms. The molecule has 0 aliphatic heterocycles. The maximum absolute atomic E-state index is 10.8. The van der Waals surface area contributed by atoms with Crippen molar-refractivity contribution < 1.29 is 4.79 Å². The minimum atomic E-state index is -0.217. The largest absolute Gasteiger partial charge is 0.268 e. The summed E-state index contributed by atoms with van der Waals surface area (Å²) in [5.41, 5.74) is 0. The molecule has 0 radical (unpaired) electrons. The van der Waals surface area contributed by atoms with Crippen molar-refractivity contribution in [3.8, 4) is 0 Å². The molecule has 3 heteroatoms. The third-order valence-corrected chi connectivity index (χ3v) is 1.01. The molecule has 0 heterocycles. The highest BCUT2D eigenvalue weighted by Gasteiger charge is 1.97. The van der Waals surface area contributed by atoms with Crippen molar-refractivity contribution in [2.24, 2.45) is 5.10 Å². The Kier molecular flexibility index (Phi) is 4.73. The first-order chi connectivity index (χ1) is 5.22. The molecular formula is C8H12N2O. The molecule has 3 nitrogen and oxygen atoms in total. The second-order valence-electron chi connectivity index (χ2n) is 1.86. The molecule has 0 aliphatic rings. The molecule has 0 spiro atoms. The van der Waals surface area contributed by atoms with E-state index in [2.05, 4.69) is 11.7 Å². The van der Waals surface area contributed by atoms with Gasteiger partial charge in [0.05, 0.1) is 0 Å². The molecule has 11 heavy (non-hydrogen) atoms. The average molecular weight is 152 g/mol. The van der Waals surface area contributed by atoms with E-state index in [1.165, 1.54) is 11.1 Å². The van der Waals surface area contributed by atoms with Crippen molar-refractivity contribution in [2.75, 3.05) is 7.05 Å². The predicted molar refractivity (Wildman–Crippen MR) is 46.3 cm³/mol. The van der Waals surface area contributed by atoms with Gasteiger partial charge in [0.25, 0.3) is 5.91 Å². The van der Waals surface area contributed by atoms with Gasteiger partial charge in [-0.1, -0.05) is 12.7 Å². The van der Waals surface area contributed by atoms with E-state index in [0.29, 0.717) is 0 Å². The molecule has 0 saturated heterocycles. The third kappa shape index (κ3) is 4.08. The van der Waals surface area contributed by atoms with Crippen molar-refractivity contribution in [3.63, 3.8) is 0 Å². The van der Waals surface area contributed by atoms with Crippen LogP contribution in [0.5, 0.6) is 0 Å². The second-order valence-corrected chi connectivity index (χ2v) is 1.86. The van der Waals surface area contributed by atoms with Crippen molar-refractivity contribution in [1.29, 1.82) is 0 Å². The number of amides is 1. The fraction of sp³-hybridized carbons (Fsp3) is 0.250. The lowest BCUT2D eigenvalue weighted by Crippen LogP contribution is -2.17. The van der Waals surface area contributed by atoms with Gasteiger partial charge in [0, 0.05) is 13.3 Å². The number of allylic oxidation sites excluding steroid dienone is 2. The van der Waals surface area contributed by atoms with E-state index in [1.807, 2.05) is 13.0 Å². The monoisotopic (exact) mass is 152 g/mol. The average Bonchev–Trinajstić information content (AvgIpc) is 2.03. The molecule has 0 aliphatic carbocycles. The van der Waals surface area contributed by atoms with Gasteiger partial charge >= 0.3 is 0 Å². The van der Waals surface area contributed by atoms with Crippen molar-refractivity contribution in [3.05, 3.63) is 24.8 Å². The van der Waals surface area contributed by atoms with Crippen LogP contribution in [0.3, 0.4) is 0 Å². The summed E-state index contributed by atoms with van der Waals surface area (Å²) >= 11 is 0. The molecule has 60 valence electrons. The van der Waals surface area contributed by atoms with Gasteiger partial charge < -0.3 is 0 Å². The van der Waals surface area contributed by atoms with E-state index >= 15 is 0 Å². The van der Waals surface area contributed by atoms with Gasteiger partial charge in [0.15, 0.2) is 0 Å². The van der Waals surface area contributed by atoms with E-state index in [9.17, 15) is 4.79 Å². The van der Waals surface area contributed by atoms with Crippen LogP contribution in [0.25, 0.3) is 0 Å². The molecule has 0 N–H and O–H groups in total. The number of hydrogen-bond acceptors (Lipinski definition) is 2. The Labute approximate surface area is 66.7 Å². The van der Waals surface area contributed by atoms with E-state index in [1.54, 1.807) is 19.3 Å². The standard InChI is InChI=1S/C8H12N2O/c1-4-6-7-9-10(3)8(11)5-2/h4-7H,2H2,1,3H3/b6-4-,9-7-. The Morgan fingerprint density at radius 1 is 1.64 bits per heavy atom. The smallest absolute Gasteiger partial charge is 0.265 e. The van der Waals surface area contributed by atoms with Crippen LogP contribution in [0.15, 0.2) is 29.9 Å². The summed E-state index contributed by atoms with van der Waals surface area (Å²) in [6.07, 6.45) is 6.33. The summed E-state index contributed by atoms with van der Waals surface area (Å²) in [4.78, 5) is 10.8. The van der Waals surface area contributed by atoms with Crippen LogP contribution in [0.4, 0.5) is 0 Å². The van der Waals surface area contributed by atoms with Gasteiger partial charge in [-0.2, -0.15) is 5.10 Å². The first-order valence-corrected chi connectivity index (χ1v) is 3.27. The van der Waals surface area contributed by atoms with Crippen LogP contribution >= 0.6 is 0 Å². The summed E-state index contributed by atoms with van der Waals surface area (Å²) in [5, 5.41) is 5.00.